The fourth-order valence-electron chi connectivity index (χ4n) is 1.75. The Morgan fingerprint density at radius 3 is 2.62 bits per heavy atom. The molecule has 2 heterocycles. The lowest BCUT2D eigenvalue weighted by Crippen LogP contribution is -1.94. The minimum absolute atomic E-state index is 0.546. The third-order valence-electron chi connectivity index (χ3n) is 2.67. The van der Waals surface area contributed by atoms with E-state index < -0.39 is 0 Å². The van der Waals surface area contributed by atoms with Gasteiger partial charge in [0.2, 0.25) is 0 Å². The number of benzene rings is 1. The molecule has 0 bridgehead atoms. The van der Waals surface area contributed by atoms with E-state index in [0.717, 1.165) is 12.1 Å². The minimum atomic E-state index is 0.546. The third-order valence-corrected chi connectivity index (χ3v) is 2.67. The highest BCUT2D eigenvalue weighted by atomic mass is 16.5. The van der Waals surface area contributed by atoms with Gasteiger partial charge in [-0.2, -0.15) is 0 Å². The summed E-state index contributed by atoms with van der Waals surface area (Å²) < 4.78 is 5.15. The molecule has 1 aliphatic rings. The van der Waals surface area contributed by atoms with Gasteiger partial charge in [-0.05, 0) is 31.9 Å². The van der Waals surface area contributed by atoms with Gasteiger partial charge in [-0.3, -0.25) is 4.98 Å². The first-order valence-electron chi connectivity index (χ1n) is 5.77. The molecule has 84 valence electrons. The zero-order valence-corrected chi connectivity index (χ0v) is 9.60. The van der Waals surface area contributed by atoms with Crippen molar-refractivity contribution >= 4 is 10.9 Å². The molecule has 0 aliphatic carbocycles. The van der Waals surface area contributed by atoms with Gasteiger partial charge in [0.25, 0.3) is 0 Å². The number of pyridine rings is 1. The smallest absolute Gasteiger partial charge is 0.0701 e. The maximum Gasteiger partial charge on any atom is 0.0701 e. The van der Waals surface area contributed by atoms with Crippen LogP contribution in [0.3, 0.4) is 0 Å². The van der Waals surface area contributed by atoms with Crippen molar-refractivity contribution in [3.63, 3.8) is 0 Å². The lowest BCUT2D eigenvalue weighted by molar-refractivity contribution is 0.125. The Morgan fingerprint density at radius 1 is 1.19 bits per heavy atom. The van der Waals surface area contributed by atoms with E-state index >= 15 is 0 Å². The highest BCUT2D eigenvalue weighted by molar-refractivity contribution is 5.77. The van der Waals surface area contributed by atoms with E-state index in [4.69, 9.17) is 4.74 Å². The number of hydrogen-bond acceptors (Lipinski definition) is 2. The van der Waals surface area contributed by atoms with Gasteiger partial charge in [0.1, 0.15) is 0 Å². The van der Waals surface area contributed by atoms with E-state index in [1.807, 2.05) is 30.5 Å². The summed E-state index contributed by atoms with van der Waals surface area (Å²) in [6, 6.07) is 12.1. The molecule has 0 radical (unpaired) electrons. The molecule has 2 aromatic rings. The lowest BCUT2D eigenvalue weighted by Gasteiger charge is -1.94. The Morgan fingerprint density at radius 2 is 2.00 bits per heavy atom. The second-order valence-electron chi connectivity index (χ2n) is 4.02. The quantitative estimate of drug-likeness (QED) is 0.671. The maximum absolute atomic E-state index is 5.15. The zero-order chi connectivity index (χ0) is 11.2. The first-order valence-corrected chi connectivity index (χ1v) is 5.77. The van der Waals surface area contributed by atoms with Gasteiger partial charge in [0.05, 0.1) is 11.6 Å². The summed E-state index contributed by atoms with van der Waals surface area (Å²) in [7, 11) is 0. The fraction of sp³-hybridized carbons (Fsp3) is 0.357. The first-order chi connectivity index (χ1) is 7.86. The molecule has 3 rings (SSSR count). The Balaban J connectivity index is 0.000000138. The van der Waals surface area contributed by atoms with Crippen LogP contribution in [0.15, 0.2) is 42.6 Å². The van der Waals surface area contributed by atoms with E-state index in [9.17, 15) is 0 Å². The van der Waals surface area contributed by atoms with Gasteiger partial charge < -0.3 is 4.74 Å². The molecule has 2 heteroatoms. The van der Waals surface area contributed by atoms with Crippen LogP contribution in [0.1, 0.15) is 19.8 Å². The Bertz CT molecular complexity index is 370. The summed E-state index contributed by atoms with van der Waals surface area (Å²) in [5, 5.41) is 1.20. The van der Waals surface area contributed by atoms with Crippen molar-refractivity contribution < 1.29 is 4.74 Å². The van der Waals surface area contributed by atoms with E-state index in [2.05, 4.69) is 24.0 Å². The van der Waals surface area contributed by atoms with Crippen LogP contribution in [0.25, 0.3) is 10.9 Å². The second-order valence-corrected chi connectivity index (χ2v) is 4.02. The van der Waals surface area contributed by atoms with Crippen molar-refractivity contribution in [3.05, 3.63) is 42.6 Å². The predicted molar refractivity (Wildman–Crippen MR) is 66.4 cm³/mol. The number of nitrogens with zero attached hydrogens (tertiary/aromatic N) is 1. The van der Waals surface area contributed by atoms with Crippen molar-refractivity contribution in [2.24, 2.45) is 0 Å². The Labute approximate surface area is 96.3 Å². The number of rotatable bonds is 0. The zero-order valence-electron chi connectivity index (χ0n) is 9.60. The highest BCUT2D eigenvalue weighted by Gasteiger charge is 2.07. The molecule has 1 aliphatic heterocycles. The normalized spacial score (nSPS) is 19.2. The first kappa shape index (κ1) is 11.1. The summed E-state index contributed by atoms with van der Waals surface area (Å²) >= 11 is 0. The molecule has 1 fully saturated rings. The van der Waals surface area contributed by atoms with E-state index in [0.29, 0.717) is 6.10 Å². The molecular formula is C14H17NO. The molecule has 1 atom stereocenters. The summed E-state index contributed by atoms with van der Waals surface area (Å²) in [5.74, 6) is 0. The van der Waals surface area contributed by atoms with Crippen molar-refractivity contribution in [2.75, 3.05) is 6.61 Å². The van der Waals surface area contributed by atoms with Crippen LogP contribution < -0.4 is 0 Å². The van der Waals surface area contributed by atoms with E-state index in [1.54, 1.807) is 0 Å². The summed E-state index contributed by atoms with van der Waals surface area (Å²) in [4.78, 5) is 4.18. The maximum atomic E-state index is 5.15. The van der Waals surface area contributed by atoms with Gasteiger partial charge in [0, 0.05) is 18.2 Å². The Hall–Kier alpha value is -1.41. The number of para-hydroxylation sites is 1. The van der Waals surface area contributed by atoms with Crippen molar-refractivity contribution in [3.8, 4) is 0 Å². The molecule has 1 aromatic carbocycles. The van der Waals surface area contributed by atoms with Gasteiger partial charge in [-0.1, -0.05) is 24.3 Å². The van der Waals surface area contributed by atoms with Gasteiger partial charge in [0.15, 0.2) is 0 Å². The van der Waals surface area contributed by atoms with Crippen LogP contribution in [0, 0.1) is 0 Å². The van der Waals surface area contributed by atoms with Crippen LogP contribution in [0.4, 0.5) is 0 Å². The molecule has 1 unspecified atom stereocenters. The van der Waals surface area contributed by atoms with Crippen molar-refractivity contribution in [1.29, 1.82) is 0 Å². The SMILES string of the molecule is CC1CCCO1.c1ccc2ncccc2c1. The van der Waals surface area contributed by atoms with Crippen LogP contribution in [0.2, 0.25) is 0 Å². The number of aromatic nitrogens is 1. The molecule has 2 nitrogen and oxygen atoms in total. The van der Waals surface area contributed by atoms with Crippen molar-refractivity contribution in [2.45, 2.75) is 25.9 Å². The summed E-state index contributed by atoms with van der Waals surface area (Å²) in [6.45, 7) is 3.11. The number of ether oxygens (including phenoxy) is 1. The molecule has 1 aromatic heterocycles. The lowest BCUT2D eigenvalue weighted by atomic mass is 10.2. The largest absolute Gasteiger partial charge is 0.379 e. The molecule has 1 saturated heterocycles. The number of hydrogen-bond donors (Lipinski definition) is 0. The fourth-order valence-corrected chi connectivity index (χ4v) is 1.75. The van der Waals surface area contributed by atoms with Gasteiger partial charge >= 0.3 is 0 Å². The van der Waals surface area contributed by atoms with Crippen LogP contribution in [-0.4, -0.2) is 17.7 Å². The minimum Gasteiger partial charge on any atom is -0.379 e. The van der Waals surface area contributed by atoms with E-state index in [1.165, 1.54) is 18.2 Å². The number of fused-ring (bicyclic) bond motifs is 1. The van der Waals surface area contributed by atoms with Crippen LogP contribution in [0.5, 0.6) is 0 Å². The average Bonchev–Trinajstić information content (AvgIpc) is 2.81. The van der Waals surface area contributed by atoms with Crippen LogP contribution >= 0.6 is 0 Å². The second kappa shape index (κ2) is 5.61. The molecule has 0 saturated carbocycles. The monoisotopic (exact) mass is 215 g/mol. The average molecular weight is 215 g/mol. The summed E-state index contributed by atoms with van der Waals surface area (Å²) in [5.41, 5.74) is 1.06. The Kier molecular flexibility index (Phi) is 3.89. The predicted octanol–water partition coefficient (Wildman–Crippen LogP) is 3.42. The van der Waals surface area contributed by atoms with Gasteiger partial charge in [-0.25, -0.2) is 0 Å². The molecule has 0 amide bonds. The van der Waals surface area contributed by atoms with E-state index in [-0.39, 0.29) is 0 Å². The highest BCUT2D eigenvalue weighted by Crippen LogP contribution is 2.09. The third kappa shape index (κ3) is 3.04. The molecule has 16 heavy (non-hydrogen) atoms. The molecular weight excluding hydrogens is 198 g/mol. The van der Waals surface area contributed by atoms with Crippen LogP contribution in [-0.2, 0) is 4.74 Å². The topological polar surface area (TPSA) is 22.1 Å². The van der Waals surface area contributed by atoms with Crippen molar-refractivity contribution in [1.82, 2.24) is 4.98 Å². The standard InChI is InChI=1S/C9H7N.C5H10O/c1-2-6-9-8(4-1)5-3-7-10-9;1-5-3-2-4-6-5/h1-7H;5H,2-4H2,1H3. The molecule has 0 spiro atoms. The molecule has 0 N–H and O–H groups in total. The van der Waals surface area contributed by atoms with Gasteiger partial charge in [-0.15, -0.1) is 0 Å². The summed E-state index contributed by atoms with van der Waals surface area (Å²) in [6.07, 6.45) is 4.88.